The lowest BCUT2D eigenvalue weighted by Crippen LogP contribution is -2.39. The quantitative estimate of drug-likeness (QED) is 0.798. The van der Waals surface area contributed by atoms with Crippen molar-refractivity contribution in [1.29, 1.82) is 0 Å². The highest BCUT2D eigenvalue weighted by Gasteiger charge is 2.34. The third-order valence-electron chi connectivity index (χ3n) is 2.42. The highest BCUT2D eigenvalue weighted by atomic mass is 35.7. The standard InChI is InChI=1S/C11H11ClF3NO3S/c1-2-16(7-11(13,14)15)10(17)8-5-3-4-6-9(8)20(12,18)19/h3-6H,2,7H2,1H3. The normalized spacial score (nSPS) is 12.2. The summed E-state index contributed by atoms with van der Waals surface area (Å²) in [6, 6.07) is 4.86. The van der Waals surface area contributed by atoms with Crippen LogP contribution in [0.25, 0.3) is 0 Å². The van der Waals surface area contributed by atoms with Crippen LogP contribution in [0.2, 0.25) is 0 Å². The van der Waals surface area contributed by atoms with Crippen LogP contribution in [0, 0.1) is 0 Å². The summed E-state index contributed by atoms with van der Waals surface area (Å²) in [5, 5.41) is 0. The molecule has 0 aromatic heterocycles. The Balaban J connectivity index is 3.21. The summed E-state index contributed by atoms with van der Waals surface area (Å²) in [5.41, 5.74) is -0.381. The van der Waals surface area contributed by atoms with E-state index in [0.29, 0.717) is 4.90 Å². The van der Waals surface area contributed by atoms with Gasteiger partial charge < -0.3 is 4.90 Å². The Bertz CT molecular complexity index is 601. The van der Waals surface area contributed by atoms with Crippen molar-refractivity contribution in [2.45, 2.75) is 18.0 Å². The average molecular weight is 330 g/mol. The minimum absolute atomic E-state index is 0.213. The summed E-state index contributed by atoms with van der Waals surface area (Å²) in [6.45, 7) is -0.310. The maximum atomic E-state index is 12.4. The summed E-state index contributed by atoms with van der Waals surface area (Å²) in [6.07, 6.45) is -4.57. The summed E-state index contributed by atoms with van der Waals surface area (Å²) < 4.78 is 59.7. The lowest BCUT2D eigenvalue weighted by atomic mass is 10.2. The third kappa shape index (κ3) is 4.38. The maximum absolute atomic E-state index is 12.4. The molecule has 0 aliphatic carbocycles. The fraction of sp³-hybridized carbons (Fsp3) is 0.364. The Kier molecular flexibility index (Phi) is 5.04. The molecule has 0 saturated carbocycles. The first-order chi connectivity index (χ1) is 9.06. The van der Waals surface area contributed by atoms with Crippen LogP contribution in [0.1, 0.15) is 17.3 Å². The van der Waals surface area contributed by atoms with E-state index in [0.717, 1.165) is 12.1 Å². The van der Waals surface area contributed by atoms with Gasteiger partial charge in [0.25, 0.3) is 15.0 Å². The van der Waals surface area contributed by atoms with Crippen LogP contribution < -0.4 is 0 Å². The first-order valence-corrected chi connectivity index (χ1v) is 7.77. The van der Waals surface area contributed by atoms with E-state index >= 15 is 0 Å². The van der Waals surface area contributed by atoms with Crippen LogP contribution in [0.15, 0.2) is 29.2 Å². The van der Waals surface area contributed by atoms with Crippen molar-refractivity contribution in [2.75, 3.05) is 13.1 Å². The molecule has 0 N–H and O–H groups in total. The van der Waals surface area contributed by atoms with Gasteiger partial charge in [-0.25, -0.2) is 8.42 Å². The molecule has 1 rings (SSSR count). The predicted molar refractivity (Wildman–Crippen MR) is 67.1 cm³/mol. The molecule has 1 aromatic carbocycles. The molecular weight excluding hydrogens is 319 g/mol. The van der Waals surface area contributed by atoms with Crippen molar-refractivity contribution in [1.82, 2.24) is 4.90 Å². The molecule has 0 fully saturated rings. The van der Waals surface area contributed by atoms with E-state index in [1.165, 1.54) is 19.1 Å². The van der Waals surface area contributed by atoms with Crippen LogP contribution in [-0.2, 0) is 9.05 Å². The van der Waals surface area contributed by atoms with Gasteiger partial charge in [-0.3, -0.25) is 4.79 Å². The maximum Gasteiger partial charge on any atom is 0.406 e. The SMILES string of the molecule is CCN(CC(F)(F)F)C(=O)c1ccccc1S(=O)(=O)Cl. The molecule has 0 aliphatic heterocycles. The summed E-state index contributed by atoms with van der Waals surface area (Å²) in [5.74, 6) is -1.04. The zero-order chi connectivity index (χ0) is 15.6. The minimum Gasteiger partial charge on any atom is -0.330 e. The number of amides is 1. The van der Waals surface area contributed by atoms with Crippen molar-refractivity contribution >= 4 is 25.6 Å². The Labute approximate surface area is 118 Å². The largest absolute Gasteiger partial charge is 0.406 e. The molecule has 9 heteroatoms. The second-order valence-corrected chi connectivity index (χ2v) is 6.40. The predicted octanol–water partition coefficient (Wildman–Crippen LogP) is 2.64. The molecular formula is C11H11ClF3NO3S. The van der Waals surface area contributed by atoms with Crippen LogP contribution in [-0.4, -0.2) is 38.5 Å². The van der Waals surface area contributed by atoms with E-state index < -0.39 is 32.6 Å². The number of alkyl halides is 3. The van der Waals surface area contributed by atoms with Gasteiger partial charge in [-0.2, -0.15) is 13.2 Å². The van der Waals surface area contributed by atoms with Crippen molar-refractivity contribution < 1.29 is 26.4 Å². The molecule has 0 radical (unpaired) electrons. The van der Waals surface area contributed by atoms with Crippen LogP contribution in [0.5, 0.6) is 0 Å². The third-order valence-corrected chi connectivity index (χ3v) is 3.80. The molecule has 4 nitrogen and oxygen atoms in total. The summed E-state index contributed by atoms with van der Waals surface area (Å²) in [7, 11) is 0.948. The number of carbonyl (C=O) groups excluding carboxylic acids is 1. The number of hydrogen-bond donors (Lipinski definition) is 0. The lowest BCUT2D eigenvalue weighted by molar-refractivity contribution is -0.140. The minimum atomic E-state index is -4.57. The zero-order valence-electron chi connectivity index (χ0n) is 10.3. The van der Waals surface area contributed by atoms with Crippen LogP contribution >= 0.6 is 10.7 Å². The van der Waals surface area contributed by atoms with E-state index in [4.69, 9.17) is 10.7 Å². The van der Waals surface area contributed by atoms with Crippen molar-refractivity contribution in [3.63, 3.8) is 0 Å². The second kappa shape index (κ2) is 6.01. The van der Waals surface area contributed by atoms with Gasteiger partial charge in [-0.05, 0) is 19.1 Å². The van der Waals surface area contributed by atoms with E-state index in [9.17, 15) is 26.4 Å². The van der Waals surface area contributed by atoms with Gasteiger partial charge in [0, 0.05) is 17.2 Å². The molecule has 112 valence electrons. The fourth-order valence-corrected chi connectivity index (χ4v) is 2.63. The molecule has 0 spiro atoms. The van der Waals surface area contributed by atoms with Gasteiger partial charge in [0.05, 0.1) is 10.5 Å². The first kappa shape index (κ1) is 16.8. The van der Waals surface area contributed by atoms with Gasteiger partial charge in [0.1, 0.15) is 6.54 Å². The number of rotatable bonds is 4. The van der Waals surface area contributed by atoms with Gasteiger partial charge in [-0.15, -0.1) is 0 Å². The van der Waals surface area contributed by atoms with Crippen molar-refractivity contribution in [2.24, 2.45) is 0 Å². The highest BCUT2D eigenvalue weighted by molar-refractivity contribution is 8.13. The van der Waals surface area contributed by atoms with Gasteiger partial charge in [-0.1, -0.05) is 12.1 Å². The number of benzene rings is 1. The molecule has 1 amide bonds. The molecule has 0 bridgehead atoms. The van der Waals surface area contributed by atoms with E-state index in [-0.39, 0.29) is 12.1 Å². The second-order valence-electron chi connectivity index (χ2n) is 3.87. The fourth-order valence-electron chi connectivity index (χ4n) is 1.57. The van der Waals surface area contributed by atoms with Gasteiger partial charge in [0.15, 0.2) is 0 Å². The van der Waals surface area contributed by atoms with E-state index in [2.05, 4.69) is 0 Å². The van der Waals surface area contributed by atoms with Gasteiger partial charge in [0.2, 0.25) is 0 Å². The summed E-state index contributed by atoms with van der Waals surface area (Å²) >= 11 is 0. The molecule has 1 aromatic rings. The van der Waals surface area contributed by atoms with Gasteiger partial charge >= 0.3 is 6.18 Å². The van der Waals surface area contributed by atoms with Crippen molar-refractivity contribution in [3.8, 4) is 0 Å². The molecule has 0 unspecified atom stereocenters. The van der Waals surface area contributed by atoms with Crippen LogP contribution in [0.4, 0.5) is 13.2 Å². The molecule has 0 atom stereocenters. The lowest BCUT2D eigenvalue weighted by Gasteiger charge is -2.23. The van der Waals surface area contributed by atoms with Crippen LogP contribution in [0.3, 0.4) is 0 Å². The van der Waals surface area contributed by atoms with E-state index in [1.807, 2.05) is 0 Å². The Morgan fingerprint density at radius 2 is 1.85 bits per heavy atom. The number of carbonyl (C=O) groups is 1. The van der Waals surface area contributed by atoms with E-state index in [1.54, 1.807) is 0 Å². The Morgan fingerprint density at radius 1 is 1.30 bits per heavy atom. The average Bonchev–Trinajstić information content (AvgIpc) is 2.33. The number of halogens is 4. The summed E-state index contributed by atoms with van der Waals surface area (Å²) in [4.78, 5) is 12.0. The number of hydrogen-bond acceptors (Lipinski definition) is 3. The zero-order valence-corrected chi connectivity index (χ0v) is 11.9. The molecule has 0 saturated heterocycles. The first-order valence-electron chi connectivity index (χ1n) is 5.46. The van der Waals surface area contributed by atoms with Crippen molar-refractivity contribution in [3.05, 3.63) is 29.8 Å². The molecule has 0 aliphatic rings. The number of nitrogens with zero attached hydrogens (tertiary/aromatic N) is 1. The monoisotopic (exact) mass is 329 g/mol. The Hall–Kier alpha value is -1.28. The smallest absolute Gasteiger partial charge is 0.330 e. The topological polar surface area (TPSA) is 54.5 Å². The molecule has 20 heavy (non-hydrogen) atoms. The Morgan fingerprint density at radius 3 is 2.30 bits per heavy atom. The molecule has 0 heterocycles. The highest BCUT2D eigenvalue weighted by Crippen LogP contribution is 2.23.